The summed E-state index contributed by atoms with van der Waals surface area (Å²) in [7, 11) is 0. The second kappa shape index (κ2) is 9.17. The summed E-state index contributed by atoms with van der Waals surface area (Å²) in [6.45, 7) is 6.81. The van der Waals surface area contributed by atoms with Crippen molar-refractivity contribution in [3.63, 3.8) is 0 Å². The number of carbonyl (C=O) groups excluding carboxylic acids is 2. The van der Waals surface area contributed by atoms with Crippen molar-refractivity contribution in [2.45, 2.75) is 45.6 Å². The van der Waals surface area contributed by atoms with Crippen LogP contribution in [0.25, 0.3) is 0 Å². The van der Waals surface area contributed by atoms with Gasteiger partial charge in [0.2, 0.25) is 0 Å². The SMILES string of the molecule is CCOC(=O)C1CCN(C(=O)c2ccc(CN3CCCCC3)cc2)CC1. The summed E-state index contributed by atoms with van der Waals surface area (Å²) in [5.41, 5.74) is 2.01. The molecule has 0 radical (unpaired) electrons. The summed E-state index contributed by atoms with van der Waals surface area (Å²) < 4.78 is 5.09. The van der Waals surface area contributed by atoms with Gasteiger partial charge in [0.25, 0.3) is 5.91 Å². The lowest BCUT2D eigenvalue weighted by atomic mass is 9.96. The minimum Gasteiger partial charge on any atom is -0.466 e. The number of hydrogen-bond acceptors (Lipinski definition) is 4. The van der Waals surface area contributed by atoms with Crippen molar-refractivity contribution in [3.8, 4) is 0 Å². The van der Waals surface area contributed by atoms with Crippen LogP contribution in [0.1, 0.15) is 54.9 Å². The van der Waals surface area contributed by atoms with Crippen molar-refractivity contribution >= 4 is 11.9 Å². The Hall–Kier alpha value is -1.88. The Balaban J connectivity index is 1.51. The molecular formula is C21H30N2O3. The summed E-state index contributed by atoms with van der Waals surface area (Å²) >= 11 is 0. The summed E-state index contributed by atoms with van der Waals surface area (Å²) in [5, 5.41) is 0. The Bertz CT molecular complexity index is 600. The molecule has 2 aliphatic rings. The van der Waals surface area contributed by atoms with Crippen LogP contribution < -0.4 is 0 Å². The van der Waals surface area contributed by atoms with Crippen LogP contribution in [0.3, 0.4) is 0 Å². The summed E-state index contributed by atoms with van der Waals surface area (Å²) in [5.74, 6) is -0.121. The Labute approximate surface area is 156 Å². The quantitative estimate of drug-likeness (QED) is 0.759. The lowest BCUT2D eigenvalue weighted by Gasteiger charge is -2.31. The van der Waals surface area contributed by atoms with E-state index in [-0.39, 0.29) is 17.8 Å². The van der Waals surface area contributed by atoms with Crippen LogP contribution in [0.15, 0.2) is 24.3 Å². The molecule has 0 aliphatic carbocycles. The lowest BCUT2D eigenvalue weighted by molar-refractivity contribution is -0.149. The van der Waals surface area contributed by atoms with Crippen molar-refractivity contribution in [2.24, 2.45) is 5.92 Å². The van der Waals surface area contributed by atoms with Crippen LogP contribution >= 0.6 is 0 Å². The van der Waals surface area contributed by atoms with E-state index < -0.39 is 0 Å². The minimum absolute atomic E-state index is 0.0640. The van der Waals surface area contributed by atoms with Crippen LogP contribution in [0.2, 0.25) is 0 Å². The molecule has 5 heteroatoms. The molecule has 2 heterocycles. The standard InChI is InChI=1S/C21H30N2O3/c1-2-26-21(25)19-10-14-23(15-11-19)20(24)18-8-6-17(7-9-18)16-22-12-4-3-5-13-22/h6-9,19H,2-5,10-16H2,1H3. The lowest BCUT2D eigenvalue weighted by Crippen LogP contribution is -2.40. The molecule has 142 valence electrons. The van der Waals surface area contributed by atoms with Gasteiger partial charge in [0.1, 0.15) is 0 Å². The molecule has 3 rings (SSSR count). The fourth-order valence-corrected chi connectivity index (χ4v) is 3.89. The first-order valence-electron chi connectivity index (χ1n) is 9.94. The van der Waals surface area contributed by atoms with Crippen LogP contribution in [0, 0.1) is 5.92 Å². The van der Waals surface area contributed by atoms with Gasteiger partial charge in [-0.25, -0.2) is 0 Å². The maximum absolute atomic E-state index is 12.7. The third-order valence-electron chi connectivity index (χ3n) is 5.46. The molecule has 0 saturated carbocycles. The number of ether oxygens (including phenoxy) is 1. The molecule has 2 saturated heterocycles. The number of esters is 1. The predicted molar refractivity (Wildman–Crippen MR) is 101 cm³/mol. The molecule has 0 aromatic heterocycles. The van der Waals surface area contributed by atoms with Gasteiger partial charge in [-0.15, -0.1) is 0 Å². The van der Waals surface area contributed by atoms with E-state index in [0.29, 0.717) is 32.5 Å². The Morgan fingerprint density at radius 3 is 2.27 bits per heavy atom. The first-order valence-corrected chi connectivity index (χ1v) is 9.94. The zero-order valence-electron chi connectivity index (χ0n) is 15.8. The molecule has 2 fully saturated rings. The second-order valence-corrected chi connectivity index (χ2v) is 7.35. The average molecular weight is 358 g/mol. The van der Waals surface area contributed by atoms with E-state index in [0.717, 1.165) is 12.1 Å². The van der Waals surface area contributed by atoms with Gasteiger partial charge in [-0.2, -0.15) is 0 Å². The maximum Gasteiger partial charge on any atom is 0.309 e. The van der Waals surface area contributed by atoms with Crippen molar-refractivity contribution in [1.82, 2.24) is 9.80 Å². The van der Waals surface area contributed by atoms with Crippen LogP contribution in [-0.2, 0) is 16.1 Å². The predicted octanol–water partition coefficient (Wildman–Crippen LogP) is 3.09. The highest BCUT2D eigenvalue weighted by molar-refractivity contribution is 5.94. The number of amides is 1. The molecule has 0 spiro atoms. The summed E-state index contributed by atoms with van der Waals surface area (Å²) in [4.78, 5) is 28.9. The molecule has 1 amide bonds. The molecule has 0 unspecified atom stereocenters. The van der Waals surface area contributed by atoms with Gasteiger partial charge >= 0.3 is 5.97 Å². The van der Waals surface area contributed by atoms with Crippen LogP contribution in [-0.4, -0.2) is 54.5 Å². The number of hydrogen-bond donors (Lipinski definition) is 0. The van der Waals surface area contributed by atoms with Crippen LogP contribution in [0.5, 0.6) is 0 Å². The van der Waals surface area contributed by atoms with Gasteiger partial charge < -0.3 is 9.64 Å². The molecule has 0 atom stereocenters. The monoisotopic (exact) mass is 358 g/mol. The van der Waals surface area contributed by atoms with E-state index in [2.05, 4.69) is 17.0 Å². The highest BCUT2D eigenvalue weighted by atomic mass is 16.5. The highest BCUT2D eigenvalue weighted by Gasteiger charge is 2.28. The van der Waals surface area contributed by atoms with E-state index in [1.165, 1.54) is 37.9 Å². The van der Waals surface area contributed by atoms with Gasteiger partial charge in [0, 0.05) is 25.2 Å². The van der Waals surface area contributed by atoms with E-state index in [4.69, 9.17) is 4.74 Å². The molecular weight excluding hydrogens is 328 g/mol. The van der Waals surface area contributed by atoms with Crippen molar-refractivity contribution < 1.29 is 14.3 Å². The second-order valence-electron chi connectivity index (χ2n) is 7.35. The fraction of sp³-hybridized carbons (Fsp3) is 0.619. The maximum atomic E-state index is 12.7. The molecule has 0 N–H and O–H groups in total. The fourth-order valence-electron chi connectivity index (χ4n) is 3.89. The Morgan fingerprint density at radius 2 is 1.65 bits per heavy atom. The van der Waals surface area contributed by atoms with E-state index in [9.17, 15) is 9.59 Å². The topological polar surface area (TPSA) is 49.9 Å². The van der Waals surface area contributed by atoms with E-state index >= 15 is 0 Å². The number of likely N-dealkylation sites (tertiary alicyclic amines) is 2. The first-order chi connectivity index (χ1) is 12.7. The molecule has 0 bridgehead atoms. The number of benzene rings is 1. The van der Waals surface area contributed by atoms with Crippen molar-refractivity contribution in [2.75, 3.05) is 32.8 Å². The number of nitrogens with zero attached hydrogens (tertiary/aromatic N) is 2. The summed E-state index contributed by atoms with van der Waals surface area (Å²) in [6, 6.07) is 8.04. The third kappa shape index (κ3) is 4.85. The third-order valence-corrected chi connectivity index (χ3v) is 5.46. The normalized spacial score (nSPS) is 19.3. The largest absolute Gasteiger partial charge is 0.466 e. The zero-order valence-corrected chi connectivity index (χ0v) is 15.8. The first kappa shape index (κ1) is 18.9. The molecule has 2 aliphatic heterocycles. The van der Waals surface area contributed by atoms with E-state index in [1.807, 2.05) is 24.0 Å². The van der Waals surface area contributed by atoms with Crippen molar-refractivity contribution in [3.05, 3.63) is 35.4 Å². The zero-order chi connectivity index (χ0) is 18.4. The molecule has 1 aromatic rings. The van der Waals surface area contributed by atoms with Gasteiger partial charge in [-0.1, -0.05) is 18.6 Å². The number of rotatable bonds is 5. The molecule has 5 nitrogen and oxygen atoms in total. The molecule has 1 aromatic carbocycles. The van der Waals surface area contributed by atoms with E-state index in [1.54, 1.807) is 0 Å². The van der Waals surface area contributed by atoms with Gasteiger partial charge in [-0.3, -0.25) is 14.5 Å². The van der Waals surface area contributed by atoms with Crippen LogP contribution in [0.4, 0.5) is 0 Å². The van der Waals surface area contributed by atoms with Crippen molar-refractivity contribution in [1.29, 1.82) is 0 Å². The summed E-state index contributed by atoms with van der Waals surface area (Å²) in [6.07, 6.45) is 5.31. The Morgan fingerprint density at radius 1 is 1.00 bits per heavy atom. The Kier molecular flexibility index (Phi) is 6.67. The van der Waals surface area contributed by atoms with Gasteiger partial charge in [-0.05, 0) is 63.4 Å². The smallest absolute Gasteiger partial charge is 0.309 e. The van der Waals surface area contributed by atoms with Gasteiger partial charge in [0.15, 0.2) is 0 Å². The van der Waals surface area contributed by atoms with Gasteiger partial charge in [0.05, 0.1) is 12.5 Å². The average Bonchev–Trinajstić information content (AvgIpc) is 2.69. The minimum atomic E-state index is -0.123. The molecule has 26 heavy (non-hydrogen) atoms. The number of carbonyl (C=O) groups is 2. The highest BCUT2D eigenvalue weighted by Crippen LogP contribution is 2.21. The number of piperidine rings is 2.